The molecule has 1 heterocycles. The number of benzene rings is 2. The van der Waals surface area contributed by atoms with E-state index in [4.69, 9.17) is 4.74 Å². The number of carbonyl (C=O) groups is 1. The predicted octanol–water partition coefficient (Wildman–Crippen LogP) is 2.47. The summed E-state index contributed by atoms with van der Waals surface area (Å²) in [6.07, 6.45) is 0.141. The Morgan fingerprint density at radius 2 is 1.73 bits per heavy atom. The molecular formula is C21H26BrN3O4S. The molecule has 162 valence electrons. The van der Waals surface area contributed by atoms with Gasteiger partial charge < -0.3 is 9.64 Å². The Balaban J connectivity index is 1.42. The molecule has 0 spiro atoms. The van der Waals surface area contributed by atoms with Crippen molar-refractivity contribution in [1.29, 1.82) is 0 Å². The van der Waals surface area contributed by atoms with Gasteiger partial charge in [-0.2, -0.15) is 0 Å². The minimum atomic E-state index is -3.65. The lowest BCUT2D eigenvalue weighted by Crippen LogP contribution is -2.48. The molecule has 1 aliphatic heterocycles. The maximum Gasteiger partial charge on any atom is 0.241 e. The van der Waals surface area contributed by atoms with Crippen molar-refractivity contribution in [2.45, 2.75) is 17.9 Å². The smallest absolute Gasteiger partial charge is 0.241 e. The molecule has 1 N–H and O–H groups in total. The predicted molar refractivity (Wildman–Crippen MR) is 119 cm³/mol. The topological polar surface area (TPSA) is 79.0 Å². The van der Waals surface area contributed by atoms with E-state index >= 15 is 0 Å². The summed E-state index contributed by atoms with van der Waals surface area (Å²) < 4.78 is 33.0. The first-order valence-corrected chi connectivity index (χ1v) is 12.0. The molecular weight excluding hydrogens is 470 g/mol. The van der Waals surface area contributed by atoms with Crippen LogP contribution in [0.1, 0.15) is 12.0 Å². The largest absolute Gasteiger partial charge is 0.497 e. The van der Waals surface area contributed by atoms with Crippen molar-refractivity contribution in [3.63, 3.8) is 0 Å². The Hall–Kier alpha value is -1.94. The third-order valence-corrected chi connectivity index (χ3v) is 7.52. The molecule has 0 saturated carbocycles. The van der Waals surface area contributed by atoms with Crippen LogP contribution in [0.25, 0.3) is 0 Å². The lowest BCUT2D eigenvalue weighted by atomic mass is 10.2. The fraction of sp³-hybridized carbons (Fsp3) is 0.381. The molecule has 2 aromatic carbocycles. The van der Waals surface area contributed by atoms with Crippen LogP contribution in [0.15, 0.2) is 57.9 Å². The molecule has 1 amide bonds. The zero-order chi connectivity index (χ0) is 21.6. The van der Waals surface area contributed by atoms with Gasteiger partial charge in [0.25, 0.3) is 0 Å². The van der Waals surface area contributed by atoms with Gasteiger partial charge in [0.1, 0.15) is 5.75 Å². The number of hydrogen-bond donors (Lipinski definition) is 1. The van der Waals surface area contributed by atoms with Crippen molar-refractivity contribution < 1.29 is 17.9 Å². The highest BCUT2D eigenvalue weighted by Gasteiger charge is 2.22. The van der Waals surface area contributed by atoms with Gasteiger partial charge in [0.2, 0.25) is 15.9 Å². The van der Waals surface area contributed by atoms with Gasteiger partial charge in [-0.05, 0) is 45.8 Å². The summed E-state index contributed by atoms with van der Waals surface area (Å²) in [5.74, 6) is 0.804. The standard InChI is InChI=1S/C21H26BrN3O4S/c1-29-18-8-6-17(7-9-18)16-24-12-14-25(15-13-24)21(26)10-11-23-30(27,28)20-5-3-2-4-19(20)22/h2-9,23H,10-16H2,1H3. The first-order valence-electron chi connectivity index (χ1n) is 9.76. The monoisotopic (exact) mass is 495 g/mol. The van der Waals surface area contributed by atoms with E-state index in [0.717, 1.165) is 25.4 Å². The number of piperazine rings is 1. The highest BCUT2D eigenvalue weighted by Crippen LogP contribution is 2.20. The molecule has 0 aromatic heterocycles. The van der Waals surface area contributed by atoms with Crippen molar-refractivity contribution in [3.8, 4) is 5.75 Å². The summed E-state index contributed by atoms with van der Waals surface area (Å²) in [5.41, 5.74) is 1.21. The molecule has 0 aliphatic carbocycles. The second-order valence-corrected chi connectivity index (χ2v) is 9.67. The summed E-state index contributed by atoms with van der Waals surface area (Å²) in [6.45, 7) is 3.78. The van der Waals surface area contributed by atoms with Crippen LogP contribution in [0.5, 0.6) is 5.75 Å². The Labute approximate surface area is 186 Å². The second-order valence-electron chi connectivity index (χ2n) is 7.08. The molecule has 30 heavy (non-hydrogen) atoms. The van der Waals surface area contributed by atoms with Crippen molar-refractivity contribution in [2.75, 3.05) is 39.8 Å². The lowest BCUT2D eigenvalue weighted by Gasteiger charge is -2.34. The highest BCUT2D eigenvalue weighted by molar-refractivity contribution is 9.10. The summed E-state index contributed by atoms with van der Waals surface area (Å²) in [7, 11) is -2.00. The molecule has 1 saturated heterocycles. The maximum absolute atomic E-state index is 12.5. The first-order chi connectivity index (χ1) is 14.4. The van der Waals surface area contributed by atoms with Gasteiger partial charge in [0.05, 0.1) is 12.0 Å². The number of sulfonamides is 1. The average Bonchev–Trinajstić information content (AvgIpc) is 2.75. The van der Waals surface area contributed by atoms with Gasteiger partial charge in [-0.3, -0.25) is 9.69 Å². The van der Waals surface area contributed by atoms with Crippen LogP contribution in [0.3, 0.4) is 0 Å². The number of methoxy groups -OCH3 is 1. The zero-order valence-corrected chi connectivity index (χ0v) is 19.3. The molecule has 0 radical (unpaired) electrons. The number of nitrogens with zero attached hydrogens (tertiary/aromatic N) is 2. The van der Waals surface area contributed by atoms with Gasteiger partial charge >= 0.3 is 0 Å². The molecule has 0 unspecified atom stereocenters. The fourth-order valence-electron chi connectivity index (χ4n) is 3.34. The van der Waals surface area contributed by atoms with Gasteiger partial charge in [-0.15, -0.1) is 0 Å². The van der Waals surface area contributed by atoms with Crippen LogP contribution in [-0.4, -0.2) is 64.0 Å². The van der Waals surface area contributed by atoms with Crippen LogP contribution in [0.2, 0.25) is 0 Å². The Morgan fingerprint density at radius 1 is 1.07 bits per heavy atom. The number of nitrogens with one attached hydrogen (secondary N) is 1. The molecule has 1 fully saturated rings. The summed E-state index contributed by atoms with van der Waals surface area (Å²) >= 11 is 3.25. The van der Waals surface area contributed by atoms with Crippen LogP contribution >= 0.6 is 15.9 Å². The van der Waals surface area contributed by atoms with Crippen molar-refractivity contribution in [3.05, 3.63) is 58.6 Å². The van der Waals surface area contributed by atoms with E-state index in [-0.39, 0.29) is 23.8 Å². The molecule has 2 aromatic rings. The van der Waals surface area contributed by atoms with E-state index in [2.05, 4.69) is 25.6 Å². The molecule has 0 bridgehead atoms. The van der Waals surface area contributed by atoms with Gasteiger partial charge in [0, 0.05) is 50.2 Å². The maximum atomic E-state index is 12.5. The van der Waals surface area contributed by atoms with Crippen molar-refractivity contribution in [2.24, 2.45) is 0 Å². The minimum Gasteiger partial charge on any atom is -0.497 e. The number of amides is 1. The van der Waals surface area contributed by atoms with E-state index in [0.29, 0.717) is 17.6 Å². The van der Waals surface area contributed by atoms with Crippen LogP contribution in [0, 0.1) is 0 Å². The van der Waals surface area contributed by atoms with E-state index in [1.165, 1.54) is 11.6 Å². The number of halogens is 1. The van der Waals surface area contributed by atoms with E-state index in [1.54, 1.807) is 30.2 Å². The van der Waals surface area contributed by atoms with Gasteiger partial charge in [-0.1, -0.05) is 24.3 Å². The lowest BCUT2D eigenvalue weighted by molar-refractivity contribution is -0.132. The van der Waals surface area contributed by atoms with E-state index in [1.807, 2.05) is 24.3 Å². The van der Waals surface area contributed by atoms with Crippen LogP contribution < -0.4 is 9.46 Å². The van der Waals surface area contributed by atoms with Gasteiger partial charge in [0.15, 0.2) is 0 Å². The summed E-state index contributed by atoms with van der Waals surface area (Å²) in [4.78, 5) is 16.8. The number of carbonyl (C=O) groups excluding carboxylic acids is 1. The third-order valence-electron chi connectivity index (χ3n) is 5.05. The number of rotatable bonds is 8. The first kappa shape index (κ1) is 22.7. The normalized spacial score (nSPS) is 15.2. The molecule has 0 atom stereocenters. The van der Waals surface area contributed by atoms with Crippen molar-refractivity contribution in [1.82, 2.24) is 14.5 Å². The van der Waals surface area contributed by atoms with Crippen molar-refractivity contribution >= 4 is 31.9 Å². The summed E-state index contributed by atoms with van der Waals surface area (Å²) in [6, 6.07) is 14.6. The number of ether oxygens (including phenoxy) is 1. The van der Waals surface area contributed by atoms with Crippen LogP contribution in [-0.2, 0) is 21.4 Å². The third kappa shape index (κ3) is 6.04. The molecule has 1 aliphatic rings. The quantitative estimate of drug-likeness (QED) is 0.608. The fourth-order valence-corrected chi connectivity index (χ4v) is 5.37. The Morgan fingerprint density at radius 3 is 2.37 bits per heavy atom. The van der Waals surface area contributed by atoms with E-state index in [9.17, 15) is 13.2 Å². The average molecular weight is 496 g/mol. The minimum absolute atomic E-state index is 0.0334. The molecule has 9 heteroatoms. The van der Waals surface area contributed by atoms with Gasteiger partial charge in [-0.25, -0.2) is 13.1 Å². The number of hydrogen-bond acceptors (Lipinski definition) is 5. The Kier molecular flexibility index (Phi) is 7.87. The van der Waals surface area contributed by atoms with E-state index < -0.39 is 10.0 Å². The summed E-state index contributed by atoms with van der Waals surface area (Å²) in [5, 5.41) is 0. The second kappa shape index (κ2) is 10.4. The molecule has 7 nitrogen and oxygen atoms in total. The zero-order valence-electron chi connectivity index (χ0n) is 16.9. The highest BCUT2D eigenvalue weighted by atomic mass is 79.9. The van der Waals surface area contributed by atoms with Crippen LogP contribution in [0.4, 0.5) is 0 Å². The SMILES string of the molecule is COc1ccc(CN2CCN(C(=O)CCNS(=O)(=O)c3ccccc3Br)CC2)cc1. The Bertz CT molecular complexity index is 958. The molecule has 3 rings (SSSR count).